The number of aryl methyl sites for hydroxylation is 1. The molecular formula is C21H21N7OS. The fourth-order valence-corrected chi connectivity index (χ4v) is 3.64. The van der Waals surface area contributed by atoms with Crippen LogP contribution < -0.4 is 16.0 Å². The number of nitrogens with zero attached hydrogens (tertiary/aromatic N) is 3. The third-order valence-corrected chi connectivity index (χ3v) is 5.09. The zero-order valence-corrected chi connectivity index (χ0v) is 17.4. The Kier molecular flexibility index (Phi) is 5.92. The zero-order valence-electron chi connectivity index (χ0n) is 16.6. The summed E-state index contributed by atoms with van der Waals surface area (Å²) in [5.41, 5.74) is 2.56. The Bertz CT molecular complexity index is 1170. The van der Waals surface area contributed by atoms with Gasteiger partial charge >= 0.3 is 0 Å². The van der Waals surface area contributed by atoms with Crippen molar-refractivity contribution in [1.82, 2.24) is 25.5 Å². The number of likely N-dealkylation sites (N-methyl/N-ethyl adjacent to an activating group) is 1. The van der Waals surface area contributed by atoms with E-state index in [1.54, 1.807) is 7.05 Å². The predicted octanol–water partition coefficient (Wildman–Crippen LogP) is 3.71. The van der Waals surface area contributed by atoms with Crippen molar-refractivity contribution in [3.8, 4) is 0 Å². The van der Waals surface area contributed by atoms with E-state index in [-0.39, 0.29) is 12.5 Å². The lowest BCUT2D eigenvalue weighted by Crippen LogP contribution is -2.24. The van der Waals surface area contributed by atoms with Crippen molar-refractivity contribution in [2.45, 2.75) is 17.0 Å². The van der Waals surface area contributed by atoms with E-state index in [1.165, 1.54) is 11.8 Å². The van der Waals surface area contributed by atoms with Crippen LogP contribution >= 0.6 is 11.8 Å². The van der Waals surface area contributed by atoms with Gasteiger partial charge in [-0.2, -0.15) is 5.10 Å². The smallest absolute Gasteiger partial charge is 0.238 e. The molecule has 0 aliphatic carbocycles. The lowest BCUT2D eigenvalue weighted by molar-refractivity contribution is -0.115. The number of rotatable bonds is 7. The number of aromatic nitrogens is 4. The van der Waals surface area contributed by atoms with Gasteiger partial charge in [0, 0.05) is 27.7 Å². The molecule has 2 aromatic heterocycles. The summed E-state index contributed by atoms with van der Waals surface area (Å²) in [5.74, 6) is 1.32. The van der Waals surface area contributed by atoms with E-state index < -0.39 is 0 Å². The van der Waals surface area contributed by atoms with Gasteiger partial charge in [0.15, 0.2) is 11.0 Å². The maximum absolute atomic E-state index is 11.7. The number of para-hydroxylation sites is 1. The summed E-state index contributed by atoms with van der Waals surface area (Å²) >= 11 is 1.45. The monoisotopic (exact) mass is 419 g/mol. The standard InChI is InChI=1S/C21H21N7OS/c1-13-11-18(28-27-13)25-20-16-5-3-4-6-17(16)24-21(26-20)30-15-9-7-14(8-10-15)23-19(29)12-22-2/h3-11,22H,12H2,1-2H3,(H,23,29)(H2,24,25,26,27,28). The van der Waals surface area contributed by atoms with E-state index in [1.807, 2.05) is 61.5 Å². The zero-order chi connectivity index (χ0) is 20.9. The largest absolute Gasteiger partial charge is 0.325 e. The molecule has 0 aliphatic heterocycles. The van der Waals surface area contributed by atoms with Crippen molar-refractivity contribution in [1.29, 1.82) is 0 Å². The van der Waals surface area contributed by atoms with Crippen LogP contribution in [-0.4, -0.2) is 39.7 Å². The van der Waals surface area contributed by atoms with Gasteiger partial charge in [0.05, 0.1) is 12.1 Å². The topological polar surface area (TPSA) is 108 Å². The fraction of sp³-hybridized carbons (Fsp3) is 0.143. The first-order valence-electron chi connectivity index (χ1n) is 9.39. The summed E-state index contributed by atoms with van der Waals surface area (Å²) < 4.78 is 0. The lowest BCUT2D eigenvalue weighted by Gasteiger charge is -2.09. The predicted molar refractivity (Wildman–Crippen MR) is 119 cm³/mol. The number of benzene rings is 2. The minimum Gasteiger partial charge on any atom is -0.325 e. The maximum Gasteiger partial charge on any atom is 0.238 e. The van der Waals surface area contributed by atoms with Gasteiger partial charge in [-0.25, -0.2) is 9.97 Å². The van der Waals surface area contributed by atoms with Gasteiger partial charge < -0.3 is 16.0 Å². The number of carbonyl (C=O) groups is 1. The maximum atomic E-state index is 11.7. The van der Waals surface area contributed by atoms with E-state index in [2.05, 4.69) is 31.1 Å². The number of anilines is 3. The summed E-state index contributed by atoms with van der Waals surface area (Å²) in [6.45, 7) is 2.22. The molecule has 4 rings (SSSR count). The van der Waals surface area contributed by atoms with Gasteiger partial charge in [-0.1, -0.05) is 12.1 Å². The third-order valence-electron chi connectivity index (χ3n) is 4.22. The molecule has 0 saturated heterocycles. The van der Waals surface area contributed by atoms with Crippen LogP contribution in [0.15, 0.2) is 64.6 Å². The molecular weight excluding hydrogens is 398 g/mol. The highest BCUT2D eigenvalue weighted by Gasteiger charge is 2.11. The highest BCUT2D eigenvalue weighted by Crippen LogP contribution is 2.31. The van der Waals surface area contributed by atoms with Crippen LogP contribution in [-0.2, 0) is 4.79 Å². The summed E-state index contributed by atoms with van der Waals surface area (Å²) in [6.07, 6.45) is 0. The molecule has 0 fully saturated rings. The number of hydrogen-bond donors (Lipinski definition) is 4. The number of H-pyrrole nitrogens is 1. The highest BCUT2D eigenvalue weighted by molar-refractivity contribution is 7.99. The van der Waals surface area contributed by atoms with Crippen molar-refractivity contribution in [2.24, 2.45) is 0 Å². The van der Waals surface area contributed by atoms with E-state index in [4.69, 9.17) is 4.98 Å². The molecule has 2 aromatic carbocycles. The van der Waals surface area contributed by atoms with Gasteiger partial charge in [-0.05, 0) is 62.1 Å². The molecule has 2 heterocycles. The number of nitrogens with one attached hydrogen (secondary N) is 4. The van der Waals surface area contributed by atoms with Crippen molar-refractivity contribution < 1.29 is 4.79 Å². The van der Waals surface area contributed by atoms with E-state index in [0.717, 1.165) is 27.2 Å². The number of fused-ring (bicyclic) bond motifs is 1. The molecule has 0 radical (unpaired) electrons. The Labute approximate surface area is 177 Å². The van der Waals surface area contributed by atoms with E-state index in [0.29, 0.717) is 16.8 Å². The average molecular weight is 420 g/mol. The molecule has 4 aromatic rings. The summed E-state index contributed by atoms with van der Waals surface area (Å²) in [7, 11) is 1.74. The molecule has 0 aliphatic rings. The number of aromatic amines is 1. The molecule has 0 unspecified atom stereocenters. The molecule has 0 atom stereocenters. The lowest BCUT2D eigenvalue weighted by atomic mass is 10.2. The Hall–Kier alpha value is -3.43. The van der Waals surface area contributed by atoms with Gasteiger partial charge in [-0.3, -0.25) is 9.89 Å². The molecule has 4 N–H and O–H groups in total. The molecule has 9 heteroatoms. The van der Waals surface area contributed by atoms with Crippen LogP contribution in [0.1, 0.15) is 5.69 Å². The Morgan fingerprint density at radius 1 is 1.10 bits per heavy atom. The normalized spacial score (nSPS) is 10.9. The first-order chi connectivity index (χ1) is 14.6. The third kappa shape index (κ3) is 4.76. The Balaban J connectivity index is 1.57. The number of amides is 1. The minimum atomic E-state index is -0.0833. The van der Waals surface area contributed by atoms with Crippen LogP contribution in [0.4, 0.5) is 17.3 Å². The first-order valence-corrected chi connectivity index (χ1v) is 10.2. The molecule has 0 spiro atoms. The van der Waals surface area contributed by atoms with Gasteiger partial charge in [0.1, 0.15) is 5.82 Å². The van der Waals surface area contributed by atoms with Gasteiger partial charge in [-0.15, -0.1) is 0 Å². The van der Waals surface area contributed by atoms with Crippen LogP contribution in [0, 0.1) is 6.92 Å². The minimum absolute atomic E-state index is 0.0833. The second-order valence-corrected chi connectivity index (χ2v) is 7.68. The van der Waals surface area contributed by atoms with E-state index >= 15 is 0 Å². The van der Waals surface area contributed by atoms with Gasteiger partial charge in [0.25, 0.3) is 0 Å². The molecule has 152 valence electrons. The molecule has 8 nitrogen and oxygen atoms in total. The number of hydrogen-bond acceptors (Lipinski definition) is 7. The molecule has 0 bridgehead atoms. The summed E-state index contributed by atoms with van der Waals surface area (Å²) in [6, 6.07) is 17.4. The second-order valence-electron chi connectivity index (χ2n) is 6.64. The molecule has 0 saturated carbocycles. The summed E-state index contributed by atoms with van der Waals surface area (Å²) in [4.78, 5) is 22.0. The van der Waals surface area contributed by atoms with Crippen molar-refractivity contribution in [2.75, 3.05) is 24.2 Å². The van der Waals surface area contributed by atoms with Crippen molar-refractivity contribution in [3.05, 3.63) is 60.3 Å². The van der Waals surface area contributed by atoms with Gasteiger partial charge in [0.2, 0.25) is 5.91 Å². The molecule has 30 heavy (non-hydrogen) atoms. The quantitative estimate of drug-likeness (QED) is 0.338. The summed E-state index contributed by atoms with van der Waals surface area (Å²) in [5, 5.41) is 17.6. The van der Waals surface area contributed by atoms with Crippen LogP contribution in [0.2, 0.25) is 0 Å². The first kappa shape index (κ1) is 19.9. The SMILES string of the molecule is CNCC(=O)Nc1ccc(Sc2nc(Nc3cc(C)[nH]n3)c3ccccc3n2)cc1. The van der Waals surface area contributed by atoms with Crippen LogP contribution in [0.3, 0.4) is 0 Å². The van der Waals surface area contributed by atoms with Crippen molar-refractivity contribution >= 4 is 45.9 Å². The Morgan fingerprint density at radius 3 is 2.63 bits per heavy atom. The highest BCUT2D eigenvalue weighted by atomic mass is 32.2. The number of carbonyl (C=O) groups excluding carboxylic acids is 1. The van der Waals surface area contributed by atoms with Crippen LogP contribution in [0.25, 0.3) is 10.9 Å². The van der Waals surface area contributed by atoms with Crippen molar-refractivity contribution in [3.63, 3.8) is 0 Å². The van der Waals surface area contributed by atoms with Crippen LogP contribution in [0.5, 0.6) is 0 Å². The van der Waals surface area contributed by atoms with E-state index in [9.17, 15) is 4.79 Å². The molecule has 1 amide bonds. The average Bonchev–Trinajstić information content (AvgIpc) is 3.14. The second kappa shape index (κ2) is 8.93. The Morgan fingerprint density at radius 2 is 1.90 bits per heavy atom. The fourth-order valence-electron chi connectivity index (χ4n) is 2.88.